The molecule has 1 fully saturated rings. The van der Waals surface area contributed by atoms with Gasteiger partial charge in [0.25, 0.3) is 5.91 Å². The second-order valence-corrected chi connectivity index (χ2v) is 5.80. The molecule has 22 heavy (non-hydrogen) atoms. The van der Waals surface area contributed by atoms with E-state index in [9.17, 15) is 9.90 Å². The Balaban J connectivity index is 1.64. The number of likely N-dealkylation sites (tertiary alicyclic amines) is 1. The van der Waals surface area contributed by atoms with Crippen LogP contribution in [0.4, 0.5) is 0 Å². The number of hydrogen-bond donors (Lipinski definition) is 2. The third kappa shape index (κ3) is 2.81. The first kappa shape index (κ1) is 14.6. The Hall–Kier alpha value is -2.37. The average molecular weight is 300 g/mol. The van der Waals surface area contributed by atoms with E-state index in [4.69, 9.17) is 0 Å². The highest BCUT2D eigenvalue weighted by molar-refractivity contribution is 5.92. The van der Waals surface area contributed by atoms with Crippen molar-refractivity contribution in [2.45, 2.75) is 32.6 Å². The summed E-state index contributed by atoms with van der Waals surface area (Å²) in [6, 6.07) is 3.05. The van der Waals surface area contributed by atoms with Crippen LogP contribution in [0.5, 0.6) is 5.75 Å². The lowest BCUT2D eigenvalue weighted by molar-refractivity contribution is 0.0705. The quantitative estimate of drug-likeness (QED) is 0.890. The van der Waals surface area contributed by atoms with E-state index in [1.165, 1.54) is 12.3 Å². The lowest BCUT2D eigenvalue weighted by atomic mass is 9.96. The van der Waals surface area contributed by atoms with Crippen molar-refractivity contribution in [3.8, 4) is 5.75 Å². The van der Waals surface area contributed by atoms with Crippen molar-refractivity contribution in [1.29, 1.82) is 0 Å². The number of rotatable bonds is 2. The maximum absolute atomic E-state index is 12.4. The van der Waals surface area contributed by atoms with E-state index >= 15 is 0 Å². The second kappa shape index (κ2) is 5.79. The van der Waals surface area contributed by atoms with Crippen LogP contribution in [-0.4, -0.2) is 44.0 Å². The van der Waals surface area contributed by atoms with Gasteiger partial charge in [0.2, 0.25) is 0 Å². The molecule has 0 aliphatic carbocycles. The fourth-order valence-corrected chi connectivity index (χ4v) is 2.80. The van der Waals surface area contributed by atoms with Crippen LogP contribution in [-0.2, 0) is 0 Å². The normalized spacial score (nSPS) is 16.0. The molecule has 116 valence electrons. The lowest BCUT2D eigenvalue weighted by Crippen LogP contribution is -2.38. The van der Waals surface area contributed by atoms with Gasteiger partial charge in [0, 0.05) is 24.7 Å². The molecule has 2 aromatic heterocycles. The second-order valence-electron chi connectivity index (χ2n) is 5.80. The maximum atomic E-state index is 12.4. The fourth-order valence-electron chi connectivity index (χ4n) is 2.80. The molecule has 0 atom stereocenters. The highest BCUT2D eigenvalue weighted by atomic mass is 16.3. The zero-order chi connectivity index (χ0) is 15.7. The van der Waals surface area contributed by atoms with Gasteiger partial charge < -0.3 is 15.0 Å². The number of H-pyrrole nitrogens is 1. The molecule has 6 heteroatoms. The van der Waals surface area contributed by atoms with Gasteiger partial charge in [-0.3, -0.25) is 4.79 Å². The van der Waals surface area contributed by atoms with Crippen LogP contribution in [0.25, 0.3) is 0 Å². The molecule has 0 unspecified atom stereocenters. The standard InChI is InChI=1S/C16H20N4O2/c1-10-11(2)19-15(18-10)12-5-7-20(8-6-12)16(22)14-4-3-13(21)9-17-14/h3-4,9,12,21H,5-8H2,1-2H3,(H,18,19). The summed E-state index contributed by atoms with van der Waals surface area (Å²) in [5, 5.41) is 9.24. The van der Waals surface area contributed by atoms with Crippen molar-refractivity contribution in [2.24, 2.45) is 0 Å². The maximum Gasteiger partial charge on any atom is 0.272 e. The summed E-state index contributed by atoms with van der Waals surface area (Å²) in [5.41, 5.74) is 2.53. The first-order valence-corrected chi connectivity index (χ1v) is 7.52. The molecular formula is C16H20N4O2. The largest absolute Gasteiger partial charge is 0.506 e. The van der Waals surface area contributed by atoms with Crippen molar-refractivity contribution in [2.75, 3.05) is 13.1 Å². The average Bonchev–Trinajstić information content (AvgIpc) is 2.87. The summed E-state index contributed by atoms with van der Waals surface area (Å²) in [4.78, 5) is 26.1. The number of hydrogen-bond acceptors (Lipinski definition) is 4. The number of imidazole rings is 1. The first-order valence-electron chi connectivity index (χ1n) is 7.52. The number of piperidine rings is 1. The number of nitrogens with zero attached hydrogens (tertiary/aromatic N) is 3. The molecule has 3 rings (SSSR count). The van der Waals surface area contributed by atoms with Crippen LogP contribution in [0.2, 0.25) is 0 Å². The Bertz CT molecular complexity index is 650. The van der Waals surface area contributed by atoms with Crippen LogP contribution >= 0.6 is 0 Å². The van der Waals surface area contributed by atoms with Crippen molar-refractivity contribution < 1.29 is 9.90 Å². The topological polar surface area (TPSA) is 82.1 Å². The Kier molecular flexibility index (Phi) is 3.83. The van der Waals surface area contributed by atoms with Gasteiger partial charge in [0.15, 0.2) is 0 Å². The lowest BCUT2D eigenvalue weighted by Gasteiger charge is -2.30. The molecule has 1 aliphatic heterocycles. The van der Waals surface area contributed by atoms with Gasteiger partial charge in [-0.15, -0.1) is 0 Å². The molecule has 0 saturated carbocycles. The van der Waals surface area contributed by atoms with Gasteiger partial charge in [-0.25, -0.2) is 9.97 Å². The van der Waals surface area contributed by atoms with E-state index in [2.05, 4.69) is 15.0 Å². The number of aromatic hydroxyl groups is 1. The smallest absolute Gasteiger partial charge is 0.272 e. The Morgan fingerprint density at radius 3 is 2.59 bits per heavy atom. The molecule has 0 spiro atoms. The summed E-state index contributed by atoms with van der Waals surface area (Å²) in [5.74, 6) is 1.40. The van der Waals surface area contributed by atoms with Gasteiger partial charge >= 0.3 is 0 Å². The Labute approximate surface area is 129 Å². The zero-order valence-electron chi connectivity index (χ0n) is 12.8. The Morgan fingerprint density at radius 1 is 1.32 bits per heavy atom. The van der Waals surface area contributed by atoms with Gasteiger partial charge in [0.1, 0.15) is 17.3 Å². The summed E-state index contributed by atoms with van der Waals surface area (Å²) >= 11 is 0. The molecule has 0 aromatic carbocycles. The Morgan fingerprint density at radius 2 is 2.05 bits per heavy atom. The minimum absolute atomic E-state index is 0.0683. The summed E-state index contributed by atoms with van der Waals surface area (Å²) in [6.07, 6.45) is 3.10. The summed E-state index contributed by atoms with van der Waals surface area (Å²) in [7, 11) is 0. The SMILES string of the molecule is Cc1nc(C2CCN(C(=O)c3ccc(O)cn3)CC2)[nH]c1C. The number of aryl methyl sites for hydroxylation is 2. The van der Waals surface area contributed by atoms with Crippen molar-refractivity contribution >= 4 is 5.91 Å². The minimum Gasteiger partial charge on any atom is -0.506 e. The highest BCUT2D eigenvalue weighted by Gasteiger charge is 2.26. The number of aromatic nitrogens is 3. The first-order chi connectivity index (χ1) is 10.5. The van der Waals surface area contributed by atoms with Crippen LogP contribution in [0.15, 0.2) is 18.3 Å². The van der Waals surface area contributed by atoms with Crippen LogP contribution in [0.3, 0.4) is 0 Å². The minimum atomic E-state index is -0.0785. The predicted molar refractivity (Wildman–Crippen MR) is 81.8 cm³/mol. The number of carbonyl (C=O) groups is 1. The molecule has 1 saturated heterocycles. The monoisotopic (exact) mass is 300 g/mol. The van der Waals surface area contributed by atoms with Crippen LogP contribution < -0.4 is 0 Å². The molecule has 2 aromatic rings. The van der Waals surface area contributed by atoms with Crippen molar-refractivity contribution in [3.63, 3.8) is 0 Å². The molecular weight excluding hydrogens is 280 g/mol. The van der Waals surface area contributed by atoms with Crippen LogP contribution in [0.1, 0.15) is 46.5 Å². The molecule has 2 N–H and O–H groups in total. The number of nitrogens with one attached hydrogen (secondary N) is 1. The zero-order valence-corrected chi connectivity index (χ0v) is 12.8. The molecule has 3 heterocycles. The predicted octanol–water partition coefficient (Wildman–Crippen LogP) is 2.15. The third-order valence-corrected chi connectivity index (χ3v) is 4.28. The molecule has 1 amide bonds. The van der Waals surface area contributed by atoms with Gasteiger partial charge in [0.05, 0.1) is 11.9 Å². The molecule has 1 aliphatic rings. The van der Waals surface area contributed by atoms with E-state index in [1.807, 2.05) is 18.7 Å². The number of aromatic amines is 1. The summed E-state index contributed by atoms with van der Waals surface area (Å²) < 4.78 is 0. The van der Waals surface area contributed by atoms with Crippen molar-refractivity contribution in [3.05, 3.63) is 41.2 Å². The van der Waals surface area contributed by atoms with Crippen molar-refractivity contribution in [1.82, 2.24) is 19.9 Å². The number of pyridine rings is 1. The third-order valence-electron chi connectivity index (χ3n) is 4.28. The molecule has 0 bridgehead atoms. The fraction of sp³-hybridized carbons (Fsp3) is 0.438. The van der Waals surface area contributed by atoms with Gasteiger partial charge in [-0.1, -0.05) is 0 Å². The number of carbonyl (C=O) groups excluding carboxylic acids is 1. The van der Waals surface area contributed by atoms with Crippen LogP contribution in [0, 0.1) is 13.8 Å². The van der Waals surface area contributed by atoms with E-state index in [-0.39, 0.29) is 11.7 Å². The molecule has 6 nitrogen and oxygen atoms in total. The van der Waals surface area contributed by atoms with Gasteiger partial charge in [-0.2, -0.15) is 0 Å². The van der Waals surface area contributed by atoms with Gasteiger partial charge in [-0.05, 0) is 38.8 Å². The number of amides is 1. The van der Waals surface area contributed by atoms with E-state index in [0.717, 1.165) is 30.1 Å². The van der Waals surface area contributed by atoms with E-state index in [0.29, 0.717) is 24.7 Å². The molecule has 0 radical (unpaired) electrons. The van der Waals surface area contributed by atoms with E-state index < -0.39 is 0 Å². The van der Waals surface area contributed by atoms with E-state index in [1.54, 1.807) is 6.07 Å². The highest BCUT2D eigenvalue weighted by Crippen LogP contribution is 2.27. The summed E-state index contributed by atoms with van der Waals surface area (Å²) in [6.45, 7) is 5.43.